The van der Waals surface area contributed by atoms with Crippen molar-refractivity contribution in [3.8, 4) is 0 Å². The minimum Gasteiger partial charge on any atom is -0.480 e. The van der Waals surface area contributed by atoms with Crippen LogP contribution in [0.2, 0.25) is 0 Å². The molecule has 2 atom stereocenters. The normalized spacial score (nSPS) is 14.7. The van der Waals surface area contributed by atoms with E-state index in [2.05, 4.69) is 5.32 Å². The van der Waals surface area contributed by atoms with Crippen molar-refractivity contribution in [3.63, 3.8) is 0 Å². The highest BCUT2D eigenvalue weighted by Crippen LogP contribution is 2.08. The van der Waals surface area contributed by atoms with Crippen LogP contribution in [0.3, 0.4) is 0 Å². The molecule has 0 bridgehead atoms. The third kappa shape index (κ3) is 4.81. The molecule has 15 heavy (non-hydrogen) atoms. The van der Waals surface area contributed by atoms with Crippen LogP contribution < -0.4 is 5.32 Å². The van der Waals surface area contributed by atoms with Crippen molar-refractivity contribution >= 4 is 11.9 Å². The molecule has 0 heterocycles. The van der Waals surface area contributed by atoms with Crippen molar-refractivity contribution in [3.05, 3.63) is 0 Å². The molecule has 1 amide bonds. The molecule has 0 aromatic carbocycles. The van der Waals surface area contributed by atoms with E-state index in [1.54, 1.807) is 13.8 Å². The van der Waals surface area contributed by atoms with E-state index < -0.39 is 12.0 Å². The lowest BCUT2D eigenvalue weighted by Gasteiger charge is -2.20. The van der Waals surface area contributed by atoms with Crippen molar-refractivity contribution in [1.29, 1.82) is 0 Å². The maximum Gasteiger partial charge on any atom is 0.326 e. The number of rotatable bonds is 6. The Hall–Kier alpha value is -1.06. The second kappa shape index (κ2) is 6.43. The van der Waals surface area contributed by atoms with E-state index in [0.717, 1.165) is 12.8 Å². The zero-order chi connectivity index (χ0) is 12.0. The van der Waals surface area contributed by atoms with E-state index in [1.807, 2.05) is 13.8 Å². The Morgan fingerprint density at radius 2 is 1.80 bits per heavy atom. The van der Waals surface area contributed by atoms with E-state index in [0.29, 0.717) is 0 Å². The quantitative estimate of drug-likeness (QED) is 0.708. The Morgan fingerprint density at radius 1 is 1.27 bits per heavy atom. The van der Waals surface area contributed by atoms with E-state index in [4.69, 9.17) is 5.11 Å². The fourth-order valence-electron chi connectivity index (χ4n) is 1.37. The van der Waals surface area contributed by atoms with Gasteiger partial charge in [-0.2, -0.15) is 0 Å². The van der Waals surface area contributed by atoms with Crippen LogP contribution in [0.15, 0.2) is 0 Å². The molecule has 0 aliphatic rings. The van der Waals surface area contributed by atoms with Crippen molar-refractivity contribution in [1.82, 2.24) is 5.32 Å². The van der Waals surface area contributed by atoms with Gasteiger partial charge in [-0.1, -0.05) is 34.1 Å². The molecule has 0 aromatic heterocycles. The third-order valence-electron chi connectivity index (χ3n) is 2.40. The highest BCUT2D eigenvalue weighted by Gasteiger charge is 2.25. The van der Waals surface area contributed by atoms with Crippen molar-refractivity contribution in [2.45, 2.75) is 46.6 Å². The van der Waals surface area contributed by atoms with Crippen molar-refractivity contribution < 1.29 is 14.7 Å². The van der Waals surface area contributed by atoms with Gasteiger partial charge in [0.05, 0.1) is 0 Å². The molecule has 4 heteroatoms. The van der Waals surface area contributed by atoms with Crippen LogP contribution in [0.4, 0.5) is 0 Å². The van der Waals surface area contributed by atoms with Gasteiger partial charge in [-0.25, -0.2) is 4.79 Å². The number of carboxylic acids is 1. The predicted molar refractivity (Wildman–Crippen MR) is 58.5 cm³/mol. The number of carbonyl (C=O) groups excluding carboxylic acids is 1. The number of amides is 1. The summed E-state index contributed by atoms with van der Waals surface area (Å²) in [5.74, 6) is -1.35. The van der Waals surface area contributed by atoms with Gasteiger partial charge in [-0.05, 0) is 12.3 Å². The maximum absolute atomic E-state index is 11.6. The topological polar surface area (TPSA) is 66.4 Å². The van der Waals surface area contributed by atoms with E-state index in [1.165, 1.54) is 0 Å². The summed E-state index contributed by atoms with van der Waals surface area (Å²) in [7, 11) is 0. The first-order valence-corrected chi connectivity index (χ1v) is 5.43. The Bertz CT molecular complexity index is 226. The molecule has 0 fully saturated rings. The molecular formula is C11H21NO3. The zero-order valence-electron chi connectivity index (χ0n) is 9.91. The molecule has 0 aliphatic carbocycles. The number of aliphatic carboxylic acids is 1. The fourth-order valence-corrected chi connectivity index (χ4v) is 1.37. The molecule has 1 unspecified atom stereocenters. The summed E-state index contributed by atoms with van der Waals surface area (Å²) in [6.45, 7) is 7.38. The average Bonchev–Trinajstić information content (AvgIpc) is 2.12. The molecule has 0 aromatic rings. The second-order valence-electron chi connectivity index (χ2n) is 4.26. The summed E-state index contributed by atoms with van der Waals surface area (Å²) in [4.78, 5) is 22.4. The summed E-state index contributed by atoms with van der Waals surface area (Å²) in [5.41, 5.74) is 0. The number of carboxylic acid groups (broad SMARTS) is 1. The first-order valence-electron chi connectivity index (χ1n) is 5.43. The van der Waals surface area contributed by atoms with Crippen LogP contribution in [-0.2, 0) is 9.59 Å². The minimum absolute atomic E-state index is 0.0970. The summed E-state index contributed by atoms with van der Waals surface area (Å²) in [6, 6.07) is -0.781. The summed E-state index contributed by atoms with van der Waals surface area (Å²) >= 11 is 0. The molecule has 0 saturated carbocycles. The first kappa shape index (κ1) is 13.9. The van der Waals surface area contributed by atoms with Gasteiger partial charge in [0.15, 0.2) is 0 Å². The predicted octanol–water partition coefficient (Wildman–Crippen LogP) is 1.65. The minimum atomic E-state index is -0.970. The largest absolute Gasteiger partial charge is 0.480 e. The Kier molecular flexibility index (Phi) is 5.97. The average molecular weight is 215 g/mol. The van der Waals surface area contributed by atoms with Gasteiger partial charge in [-0.15, -0.1) is 0 Å². The lowest BCUT2D eigenvalue weighted by atomic mass is 10.0. The van der Waals surface area contributed by atoms with Crippen LogP contribution in [-0.4, -0.2) is 23.0 Å². The van der Waals surface area contributed by atoms with Gasteiger partial charge in [0.25, 0.3) is 0 Å². The number of hydrogen-bond acceptors (Lipinski definition) is 2. The van der Waals surface area contributed by atoms with Crippen LogP contribution in [0.25, 0.3) is 0 Å². The van der Waals surface area contributed by atoms with Gasteiger partial charge in [0.1, 0.15) is 6.04 Å². The summed E-state index contributed by atoms with van der Waals surface area (Å²) in [6.07, 6.45) is 1.71. The third-order valence-corrected chi connectivity index (χ3v) is 2.40. The number of hydrogen-bond donors (Lipinski definition) is 2. The van der Waals surface area contributed by atoms with E-state index >= 15 is 0 Å². The standard InChI is InChI=1S/C11H21NO3/c1-5-6-8(4)10(13)12-9(7(2)3)11(14)15/h7-9H,5-6H2,1-4H3,(H,12,13)(H,14,15)/t8?,9-/m1/s1. The van der Waals surface area contributed by atoms with Crippen molar-refractivity contribution in [2.24, 2.45) is 11.8 Å². The van der Waals surface area contributed by atoms with Gasteiger partial charge in [0.2, 0.25) is 5.91 Å². The molecule has 4 nitrogen and oxygen atoms in total. The zero-order valence-corrected chi connectivity index (χ0v) is 9.91. The van der Waals surface area contributed by atoms with E-state index in [9.17, 15) is 9.59 Å². The molecule has 0 saturated heterocycles. The fraction of sp³-hybridized carbons (Fsp3) is 0.818. The molecule has 0 spiro atoms. The molecular weight excluding hydrogens is 194 g/mol. The number of carbonyl (C=O) groups is 2. The van der Waals surface area contributed by atoms with Gasteiger partial charge < -0.3 is 10.4 Å². The highest BCUT2D eigenvalue weighted by atomic mass is 16.4. The van der Waals surface area contributed by atoms with Gasteiger partial charge in [-0.3, -0.25) is 4.79 Å². The second-order valence-corrected chi connectivity index (χ2v) is 4.26. The SMILES string of the molecule is CCCC(C)C(=O)N[C@@H](C(=O)O)C(C)C. The van der Waals surface area contributed by atoms with Crippen LogP contribution in [0.5, 0.6) is 0 Å². The molecule has 2 N–H and O–H groups in total. The smallest absolute Gasteiger partial charge is 0.326 e. The Morgan fingerprint density at radius 3 is 2.13 bits per heavy atom. The molecule has 0 rings (SSSR count). The Balaban J connectivity index is 4.29. The summed E-state index contributed by atoms with van der Waals surface area (Å²) < 4.78 is 0. The lowest BCUT2D eigenvalue weighted by Crippen LogP contribution is -2.46. The molecule has 88 valence electrons. The lowest BCUT2D eigenvalue weighted by molar-refractivity contribution is -0.143. The molecule has 0 aliphatic heterocycles. The van der Waals surface area contributed by atoms with Crippen LogP contribution >= 0.6 is 0 Å². The van der Waals surface area contributed by atoms with Gasteiger partial charge >= 0.3 is 5.97 Å². The van der Waals surface area contributed by atoms with Crippen molar-refractivity contribution in [2.75, 3.05) is 0 Å². The first-order chi connectivity index (χ1) is 6.90. The molecule has 0 radical (unpaired) electrons. The monoisotopic (exact) mass is 215 g/mol. The summed E-state index contributed by atoms with van der Waals surface area (Å²) in [5, 5.41) is 11.5. The van der Waals surface area contributed by atoms with E-state index in [-0.39, 0.29) is 17.7 Å². The van der Waals surface area contributed by atoms with Gasteiger partial charge in [0, 0.05) is 5.92 Å². The van der Waals surface area contributed by atoms with Crippen LogP contribution in [0, 0.1) is 11.8 Å². The maximum atomic E-state index is 11.6. The highest BCUT2D eigenvalue weighted by molar-refractivity contribution is 5.84. The Labute approximate surface area is 91.1 Å². The van der Waals surface area contributed by atoms with Crippen LogP contribution in [0.1, 0.15) is 40.5 Å². The number of nitrogens with one attached hydrogen (secondary N) is 1.